The van der Waals surface area contributed by atoms with E-state index in [2.05, 4.69) is 4.98 Å². The summed E-state index contributed by atoms with van der Waals surface area (Å²) in [6.45, 7) is 1.94. The Hall–Kier alpha value is -0.900. The molecule has 0 radical (unpaired) electrons. The van der Waals surface area contributed by atoms with Crippen LogP contribution in [0, 0.1) is 4.78 Å². The molecule has 0 spiro atoms. The number of nitrogens with one attached hydrogen (secondary N) is 1. The minimum absolute atomic E-state index is 0.563. The highest BCUT2D eigenvalue weighted by atomic mass is 32.2. The summed E-state index contributed by atoms with van der Waals surface area (Å²) in [4.78, 5) is 4.63. The third-order valence-corrected chi connectivity index (χ3v) is 2.81. The van der Waals surface area contributed by atoms with E-state index in [0.29, 0.717) is 4.90 Å². The van der Waals surface area contributed by atoms with Crippen molar-refractivity contribution in [3.63, 3.8) is 0 Å². The van der Waals surface area contributed by atoms with E-state index in [9.17, 15) is 4.21 Å². The third-order valence-electron chi connectivity index (χ3n) is 1.60. The monoisotopic (exact) mass is 184 g/mol. The Bertz CT molecular complexity index is 370. The molecule has 0 aliphatic rings. The summed E-state index contributed by atoms with van der Waals surface area (Å²) in [5.74, 6) is 0. The number of rotatable bonds is 2. The van der Waals surface area contributed by atoms with E-state index in [0.717, 1.165) is 12.1 Å². The molecule has 1 heterocycles. The fraction of sp³-hybridized carbons (Fsp3) is 0.375. The molecule has 1 N–H and O–H groups in total. The molecular formula is C8H12N2OS. The Morgan fingerprint density at radius 3 is 2.75 bits per heavy atom. The topological polar surface area (TPSA) is 53.8 Å². The summed E-state index contributed by atoms with van der Waals surface area (Å²) in [7, 11) is -2.61. The predicted octanol–water partition coefficient (Wildman–Crippen LogP) is 1.68. The maximum absolute atomic E-state index is 11.4. The molecule has 1 aromatic heterocycles. The predicted molar refractivity (Wildman–Crippen MR) is 48.7 cm³/mol. The zero-order valence-corrected chi connectivity index (χ0v) is 8.02. The third kappa shape index (κ3) is 1.82. The van der Waals surface area contributed by atoms with Crippen LogP contribution in [-0.4, -0.2) is 15.4 Å². The summed E-state index contributed by atoms with van der Waals surface area (Å²) < 4.78 is 18.8. The largest absolute Gasteiger partial charge is 0.260 e. The number of aryl methyl sites for hydroxylation is 1. The lowest BCUT2D eigenvalue weighted by Gasteiger charge is -2.04. The van der Waals surface area contributed by atoms with E-state index in [4.69, 9.17) is 4.78 Å². The fourth-order valence-corrected chi connectivity index (χ4v) is 2.03. The summed E-state index contributed by atoms with van der Waals surface area (Å²) in [6.07, 6.45) is 3.80. The van der Waals surface area contributed by atoms with Crippen molar-refractivity contribution in [3.05, 3.63) is 24.0 Å². The van der Waals surface area contributed by atoms with Crippen LogP contribution in [0.3, 0.4) is 0 Å². The van der Waals surface area contributed by atoms with Gasteiger partial charge in [-0.25, -0.2) is 8.99 Å². The second-order valence-corrected chi connectivity index (χ2v) is 4.77. The number of pyridine rings is 1. The average molecular weight is 184 g/mol. The number of hydrogen-bond donors (Lipinski definition) is 1. The highest BCUT2D eigenvalue weighted by Gasteiger charge is 2.07. The van der Waals surface area contributed by atoms with Crippen LogP contribution in [0.25, 0.3) is 0 Å². The first-order chi connectivity index (χ1) is 5.55. The van der Waals surface area contributed by atoms with Crippen LogP contribution in [0.15, 0.2) is 23.2 Å². The van der Waals surface area contributed by atoms with Gasteiger partial charge in [0.15, 0.2) is 0 Å². The van der Waals surface area contributed by atoms with Crippen LogP contribution in [0.5, 0.6) is 0 Å². The van der Waals surface area contributed by atoms with Crippen molar-refractivity contribution in [1.82, 2.24) is 4.98 Å². The molecule has 0 saturated carbocycles. The van der Waals surface area contributed by atoms with E-state index in [1.807, 2.05) is 6.92 Å². The van der Waals surface area contributed by atoms with Crippen LogP contribution in [-0.2, 0) is 16.1 Å². The maximum Gasteiger partial charge on any atom is 0.0714 e. The number of nitrogens with zero attached hydrogens (tertiary/aromatic N) is 1. The van der Waals surface area contributed by atoms with Crippen molar-refractivity contribution in [2.75, 3.05) is 6.26 Å². The molecular weight excluding hydrogens is 172 g/mol. The van der Waals surface area contributed by atoms with Crippen molar-refractivity contribution < 1.29 is 4.21 Å². The average Bonchev–Trinajstić information content (AvgIpc) is 2.03. The van der Waals surface area contributed by atoms with Gasteiger partial charge in [-0.05, 0) is 18.6 Å². The molecule has 4 heteroatoms. The van der Waals surface area contributed by atoms with Gasteiger partial charge in [0.05, 0.1) is 20.3 Å². The van der Waals surface area contributed by atoms with Crippen molar-refractivity contribution in [3.8, 4) is 0 Å². The first kappa shape index (κ1) is 9.19. The van der Waals surface area contributed by atoms with Gasteiger partial charge in [0.1, 0.15) is 0 Å². The Morgan fingerprint density at radius 2 is 2.33 bits per heavy atom. The van der Waals surface area contributed by atoms with Crippen LogP contribution >= 0.6 is 0 Å². The molecule has 66 valence electrons. The summed E-state index contributed by atoms with van der Waals surface area (Å²) in [6, 6.07) is 3.42. The van der Waals surface area contributed by atoms with E-state index in [-0.39, 0.29) is 0 Å². The van der Waals surface area contributed by atoms with Crippen LogP contribution in [0.4, 0.5) is 0 Å². The number of hydrogen-bond acceptors (Lipinski definition) is 3. The maximum atomic E-state index is 11.4. The quantitative estimate of drug-likeness (QED) is 0.760. The molecule has 0 saturated heterocycles. The molecule has 0 aliphatic heterocycles. The number of aromatic nitrogens is 1. The van der Waals surface area contributed by atoms with Crippen molar-refractivity contribution >= 4 is 9.73 Å². The Kier molecular flexibility index (Phi) is 2.47. The zero-order valence-electron chi connectivity index (χ0n) is 7.20. The summed E-state index contributed by atoms with van der Waals surface area (Å²) in [5, 5.41) is 0. The molecule has 3 nitrogen and oxygen atoms in total. The van der Waals surface area contributed by atoms with Gasteiger partial charge in [-0.2, -0.15) is 0 Å². The molecule has 12 heavy (non-hydrogen) atoms. The van der Waals surface area contributed by atoms with Gasteiger partial charge < -0.3 is 0 Å². The molecule has 1 unspecified atom stereocenters. The molecule has 0 fully saturated rings. The van der Waals surface area contributed by atoms with E-state index in [1.165, 1.54) is 6.26 Å². The van der Waals surface area contributed by atoms with Gasteiger partial charge in [-0.3, -0.25) is 4.98 Å². The van der Waals surface area contributed by atoms with Crippen molar-refractivity contribution in [2.24, 2.45) is 0 Å². The molecule has 0 aromatic carbocycles. The summed E-state index contributed by atoms with van der Waals surface area (Å²) >= 11 is 0. The van der Waals surface area contributed by atoms with Crippen LogP contribution in [0.2, 0.25) is 0 Å². The molecule has 0 amide bonds. The van der Waals surface area contributed by atoms with E-state index in [1.54, 1.807) is 18.3 Å². The minimum atomic E-state index is -2.61. The van der Waals surface area contributed by atoms with Gasteiger partial charge in [-0.1, -0.05) is 6.92 Å². The molecule has 1 atom stereocenters. The van der Waals surface area contributed by atoms with E-state index < -0.39 is 9.73 Å². The molecule has 1 rings (SSSR count). The molecule has 1 aromatic rings. The Labute approximate surface area is 72.8 Å². The van der Waals surface area contributed by atoms with Gasteiger partial charge in [0.25, 0.3) is 0 Å². The summed E-state index contributed by atoms with van der Waals surface area (Å²) in [5.41, 5.74) is 0.764. The van der Waals surface area contributed by atoms with Crippen LogP contribution < -0.4 is 0 Å². The highest BCUT2D eigenvalue weighted by molar-refractivity contribution is 7.91. The first-order valence-electron chi connectivity index (χ1n) is 3.73. The van der Waals surface area contributed by atoms with Crippen LogP contribution in [0.1, 0.15) is 12.6 Å². The molecule has 0 bridgehead atoms. The lowest BCUT2D eigenvalue weighted by molar-refractivity contribution is 0.677. The van der Waals surface area contributed by atoms with Crippen molar-refractivity contribution in [1.29, 1.82) is 4.78 Å². The second-order valence-electron chi connectivity index (χ2n) is 2.65. The van der Waals surface area contributed by atoms with Gasteiger partial charge in [-0.15, -0.1) is 0 Å². The van der Waals surface area contributed by atoms with Crippen molar-refractivity contribution in [2.45, 2.75) is 18.2 Å². The minimum Gasteiger partial charge on any atom is -0.260 e. The lowest BCUT2D eigenvalue weighted by Crippen LogP contribution is -2.01. The Morgan fingerprint density at radius 1 is 1.67 bits per heavy atom. The Balaban J connectivity index is 3.33. The lowest BCUT2D eigenvalue weighted by atomic mass is 10.3. The second kappa shape index (κ2) is 3.23. The first-order valence-corrected chi connectivity index (χ1v) is 5.70. The molecule has 0 aliphatic carbocycles. The standard InChI is InChI=1S/C8H12N2OS/c1-3-7-8(12(2,9)11)5-4-6-10-7/h4-6,9H,3H2,1-2H3. The SMILES string of the molecule is CCc1ncccc1S(C)(=N)=O. The smallest absolute Gasteiger partial charge is 0.0714 e. The van der Waals surface area contributed by atoms with Gasteiger partial charge in [0.2, 0.25) is 0 Å². The normalized spacial score (nSPS) is 15.5. The fourth-order valence-electron chi connectivity index (χ4n) is 1.04. The van der Waals surface area contributed by atoms with Gasteiger partial charge in [0, 0.05) is 12.5 Å². The highest BCUT2D eigenvalue weighted by Crippen LogP contribution is 2.13. The van der Waals surface area contributed by atoms with E-state index >= 15 is 0 Å². The van der Waals surface area contributed by atoms with Gasteiger partial charge >= 0.3 is 0 Å². The zero-order chi connectivity index (χ0) is 9.19.